The van der Waals surface area contributed by atoms with Gasteiger partial charge in [-0.2, -0.15) is 0 Å². The summed E-state index contributed by atoms with van der Waals surface area (Å²) in [6.45, 7) is 0. The maximum absolute atomic E-state index is 12.7. The van der Waals surface area contributed by atoms with Crippen LogP contribution in [0.2, 0.25) is 0 Å². The number of benzene rings is 2. The van der Waals surface area contributed by atoms with Crippen LogP contribution in [0.15, 0.2) is 54.6 Å². The lowest BCUT2D eigenvalue weighted by Crippen LogP contribution is -2.53. The molecule has 0 saturated carbocycles. The first-order chi connectivity index (χ1) is 13.1. The van der Waals surface area contributed by atoms with Gasteiger partial charge in [-0.3, -0.25) is 4.79 Å². The van der Waals surface area contributed by atoms with Gasteiger partial charge in [-0.25, -0.2) is 4.79 Å². The number of esters is 1. The molecule has 2 atom stereocenters. The van der Waals surface area contributed by atoms with Gasteiger partial charge >= 0.3 is 5.97 Å². The molecule has 1 heterocycles. The summed E-state index contributed by atoms with van der Waals surface area (Å²) in [5.74, 6) is 5.72. The molecule has 1 aliphatic heterocycles. The smallest absolute Gasteiger partial charge is 0.333 e. The van der Waals surface area contributed by atoms with Crippen LogP contribution in [-0.4, -0.2) is 31.6 Å². The van der Waals surface area contributed by atoms with Gasteiger partial charge < -0.3 is 14.8 Å². The predicted octanol–water partition coefficient (Wildman–Crippen LogP) is 2.65. The van der Waals surface area contributed by atoms with Crippen molar-refractivity contribution in [2.24, 2.45) is 0 Å². The minimum absolute atomic E-state index is 0.185. The molecule has 5 heteroatoms. The van der Waals surface area contributed by atoms with Crippen molar-refractivity contribution in [3.8, 4) is 17.6 Å². The molecule has 2 aromatic rings. The molecule has 0 aromatic heterocycles. The van der Waals surface area contributed by atoms with E-state index >= 15 is 0 Å². The van der Waals surface area contributed by atoms with E-state index in [0.29, 0.717) is 12.2 Å². The van der Waals surface area contributed by atoms with E-state index in [1.807, 2.05) is 54.6 Å². The molecule has 1 N–H and O–H groups in total. The summed E-state index contributed by atoms with van der Waals surface area (Å²) in [6, 6.07) is 16.9. The summed E-state index contributed by atoms with van der Waals surface area (Å²) >= 11 is 0. The maximum Gasteiger partial charge on any atom is 0.333 e. The van der Waals surface area contributed by atoms with E-state index in [9.17, 15) is 9.59 Å². The van der Waals surface area contributed by atoms with Crippen molar-refractivity contribution in [2.75, 3.05) is 14.2 Å². The summed E-state index contributed by atoms with van der Waals surface area (Å²) in [7, 11) is 2.90. The Balaban J connectivity index is 2.12. The molecule has 1 fully saturated rings. The van der Waals surface area contributed by atoms with Gasteiger partial charge in [-0.15, -0.1) is 0 Å². The second kappa shape index (κ2) is 7.96. The van der Waals surface area contributed by atoms with E-state index < -0.39 is 17.4 Å². The van der Waals surface area contributed by atoms with Crippen LogP contribution >= 0.6 is 0 Å². The molecule has 2 aromatic carbocycles. The number of carbonyl (C=O) groups excluding carboxylic acids is 2. The van der Waals surface area contributed by atoms with Crippen molar-refractivity contribution in [3.05, 3.63) is 65.7 Å². The van der Waals surface area contributed by atoms with Crippen LogP contribution in [0.5, 0.6) is 5.75 Å². The van der Waals surface area contributed by atoms with Gasteiger partial charge in [0.15, 0.2) is 5.54 Å². The monoisotopic (exact) mass is 363 g/mol. The molecule has 3 rings (SSSR count). The summed E-state index contributed by atoms with van der Waals surface area (Å²) in [4.78, 5) is 24.7. The van der Waals surface area contributed by atoms with Crippen molar-refractivity contribution < 1.29 is 19.1 Å². The topological polar surface area (TPSA) is 64.6 Å². The number of amides is 1. The first-order valence-electron chi connectivity index (χ1n) is 8.69. The van der Waals surface area contributed by atoms with Gasteiger partial charge in [-0.05, 0) is 36.2 Å². The van der Waals surface area contributed by atoms with Crippen molar-refractivity contribution >= 4 is 11.9 Å². The molecule has 0 spiro atoms. The number of carbonyl (C=O) groups is 2. The summed E-state index contributed by atoms with van der Waals surface area (Å²) < 4.78 is 10.4. The lowest BCUT2D eigenvalue weighted by molar-refractivity contribution is -0.149. The van der Waals surface area contributed by atoms with Crippen LogP contribution in [0, 0.1) is 11.8 Å². The highest BCUT2D eigenvalue weighted by Gasteiger charge is 2.52. The number of hydrogen-bond donors (Lipinski definition) is 1. The highest BCUT2D eigenvalue weighted by molar-refractivity contribution is 5.93. The molecule has 5 nitrogen and oxygen atoms in total. The molecule has 0 bridgehead atoms. The average Bonchev–Trinajstić information content (AvgIpc) is 3.11. The molecule has 0 radical (unpaired) electrons. The Kier molecular flexibility index (Phi) is 5.46. The lowest BCUT2D eigenvalue weighted by atomic mass is 9.78. The standard InChI is InChI=1S/C22H21NO4/c1-26-18-10-6-9-17(15-18)19(12-11-16-7-4-3-5-8-16)22(21(25)27-2)14-13-20(24)23-22/h3-10,15,19H,13-14H2,1-2H3,(H,23,24)/t19-,22-/m1/s1. The minimum atomic E-state index is -1.22. The second-order valence-electron chi connectivity index (χ2n) is 6.36. The first-order valence-corrected chi connectivity index (χ1v) is 8.69. The van der Waals surface area contributed by atoms with E-state index in [-0.39, 0.29) is 12.3 Å². The molecule has 0 unspecified atom stereocenters. The quantitative estimate of drug-likeness (QED) is 0.670. The summed E-state index contributed by atoms with van der Waals surface area (Å²) in [6.07, 6.45) is 0.576. The average molecular weight is 363 g/mol. The van der Waals surface area contributed by atoms with Crippen LogP contribution in [0.1, 0.15) is 29.9 Å². The van der Waals surface area contributed by atoms with Gasteiger partial charge in [0.2, 0.25) is 5.91 Å². The maximum atomic E-state index is 12.7. The minimum Gasteiger partial charge on any atom is -0.497 e. The Morgan fingerprint density at radius 1 is 1.15 bits per heavy atom. The zero-order chi connectivity index (χ0) is 19.3. The van der Waals surface area contributed by atoms with Crippen LogP contribution in [0.4, 0.5) is 0 Å². The zero-order valence-electron chi connectivity index (χ0n) is 15.3. The van der Waals surface area contributed by atoms with Gasteiger partial charge in [0.1, 0.15) is 5.75 Å². The third-order valence-electron chi connectivity index (χ3n) is 4.71. The fraction of sp³-hybridized carbons (Fsp3) is 0.273. The van der Waals surface area contributed by atoms with Crippen molar-refractivity contribution in [1.82, 2.24) is 5.32 Å². The SMILES string of the molecule is COC(=O)[C@]1([C@H](C#Cc2ccccc2)c2cccc(OC)c2)CCC(=O)N1. The van der Waals surface area contributed by atoms with Crippen molar-refractivity contribution in [2.45, 2.75) is 24.3 Å². The van der Waals surface area contributed by atoms with E-state index in [1.165, 1.54) is 7.11 Å². The highest BCUT2D eigenvalue weighted by Crippen LogP contribution is 2.37. The van der Waals surface area contributed by atoms with Crippen LogP contribution in [0.25, 0.3) is 0 Å². The second-order valence-corrected chi connectivity index (χ2v) is 6.36. The van der Waals surface area contributed by atoms with Crippen molar-refractivity contribution in [3.63, 3.8) is 0 Å². The fourth-order valence-corrected chi connectivity index (χ4v) is 3.34. The molecular weight excluding hydrogens is 342 g/mol. The van der Waals surface area contributed by atoms with Crippen LogP contribution < -0.4 is 10.1 Å². The van der Waals surface area contributed by atoms with E-state index in [1.54, 1.807) is 7.11 Å². The number of methoxy groups -OCH3 is 2. The summed E-state index contributed by atoms with van der Waals surface area (Å²) in [5, 5.41) is 2.83. The third-order valence-corrected chi connectivity index (χ3v) is 4.71. The van der Waals surface area contributed by atoms with Crippen LogP contribution in [-0.2, 0) is 14.3 Å². The lowest BCUT2D eigenvalue weighted by Gasteiger charge is -2.32. The Hall–Kier alpha value is -3.26. The van der Waals surface area contributed by atoms with Gasteiger partial charge in [0, 0.05) is 12.0 Å². The predicted molar refractivity (Wildman–Crippen MR) is 101 cm³/mol. The number of ether oxygens (including phenoxy) is 2. The molecule has 1 amide bonds. The first kappa shape index (κ1) is 18.5. The fourth-order valence-electron chi connectivity index (χ4n) is 3.34. The number of rotatable bonds is 4. The van der Waals surface area contributed by atoms with E-state index in [0.717, 1.165) is 11.1 Å². The Labute approximate surface area is 158 Å². The molecular formula is C22H21NO4. The zero-order valence-corrected chi connectivity index (χ0v) is 15.3. The molecule has 138 valence electrons. The van der Waals surface area contributed by atoms with Gasteiger partial charge in [0.25, 0.3) is 0 Å². The normalized spacial score (nSPS) is 19.4. The van der Waals surface area contributed by atoms with Crippen LogP contribution in [0.3, 0.4) is 0 Å². The number of hydrogen-bond acceptors (Lipinski definition) is 4. The van der Waals surface area contributed by atoms with E-state index in [2.05, 4.69) is 17.2 Å². The number of nitrogens with one attached hydrogen (secondary N) is 1. The molecule has 27 heavy (non-hydrogen) atoms. The third kappa shape index (κ3) is 3.80. The van der Waals surface area contributed by atoms with Gasteiger partial charge in [-0.1, -0.05) is 42.2 Å². The highest BCUT2D eigenvalue weighted by atomic mass is 16.5. The Bertz CT molecular complexity index is 897. The largest absolute Gasteiger partial charge is 0.497 e. The molecule has 1 saturated heterocycles. The molecule has 1 aliphatic rings. The molecule has 0 aliphatic carbocycles. The Morgan fingerprint density at radius 2 is 1.93 bits per heavy atom. The summed E-state index contributed by atoms with van der Waals surface area (Å²) in [5.41, 5.74) is 0.389. The van der Waals surface area contributed by atoms with E-state index in [4.69, 9.17) is 9.47 Å². The van der Waals surface area contributed by atoms with Gasteiger partial charge in [0.05, 0.1) is 20.1 Å². The van der Waals surface area contributed by atoms with Crippen molar-refractivity contribution in [1.29, 1.82) is 0 Å². The Morgan fingerprint density at radius 3 is 2.56 bits per heavy atom.